The summed E-state index contributed by atoms with van der Waals surface area (Å²) in [5, 5.41) is 7.85. The van der Waals surface area contributed by atoms with Gasteiger partial charge >= 0.3 is 0 Å². The van der Waals surface area contributed by atoms with E-state index in [0.717, 1.165) is 37.2 Å². The van der Waals surface area contributed by atoms with E-state index in [9.17, 15) is 0 Å². The molecular formula is C20H31ClN4O. The van der Waals surface area contributed by atoms with E-state index in [1.807, 2.05) is 19.2 Å². The van der Waals surface area contributed by atoms with Gasteiger partial charge in [-0.15, -0.1) is 0 Å². The molecule has 1 aromatic carbocycles. The van der Waals surface area contributed by atoms with Crippen LogP contribution in [0.25, 0.3) is 0 Å². The zero-order valence-electron chi connectivity index (χ0n) is 15.9. The maximum atomic E-state index is 6.17. The molecule has 1 saturated carbocycles. The second kappa shape index (κ2) is 9.07. The van der Waals surface area contributed by atoms with Gasteiger partial charge < -0.3 is 15.4 Å². The minimum absolute atomic E-state index is 0.209. The molecule has 1 aromatic rings. The Labute approximate surface area is 162 Å². The molecule has 0 aromatic heterocycles. The molecule has 2 aliphatic rings. The summed E-state index contributed by atoms with van der Waals surface area (Å²) in [6.45, 7) is 4.79. The minimum atomic E-state index is 0.209. The smallest absolute Gasteiger partial charge is 0.191 e. The molecule has 1 aliphatic heterocycles. The van der Waals surface area contributed by atoms with Crippen LogP contribution in [0.15, 0.2) is 29.3 Å². The summed E-state index contributed by atoms with van der Waals surface area (Å²) >= 11 is 6.17. The zero-order chi connectivity index (χ0) is 18.4. The third-order valence-electron chi connectivity index (χ3n) is 5.70. The Balaban J connectivity index is 1.48. The molecule has 6 heteroatoms. The number of rotatable bonds is 8. The molecule has 3 rings (SSSR count). The molecule has 1 unspecified atom stereocenters. The predicted octanol–water partition coefficient (Wildman–Crippen LogP) is 2.65. The van der Waals surface area contributed by atoms with Crippen LogP contribution < -0.4 is 10.6 Å². The van der Waals surface area contributed by atoms with E-state index >= 15 is 0 Å². The first kappa shape index (κ1) is 19.5. The summed E-state index contributed by atoms with van der Waals surface area (Å²) in [6, 6.07) is 8.82. The van der Waals surface area contributed by atoms with Gasteiger partial charge in [-0.3, -0.25) is 9.89 Å². The molecule has 0 bridgehead atoms. The van der Waals surface area contributed by atoms with Crippen LogP contribution in [0.1, 0.15) is 31.2 Å². The molecule has 0 spiro atoms. The molecule has 2 fully saturated rings. The van der Waals surface area contributed by atoms with Gasteiger partial charge in [0.1, 0.15) is 0 Å². The Hall–Kier alpha value is -1.30. The van der Waals surface area contributed by atoms with Crippen molar-refractivity contribution in [3.05, 3.63) is 34.9 Å². The highest BCUT2D eigenvalue weighted by atomic mass is 35.5. The highest BCUT2D eigenvalue weighted by molar-refractivity contribution is 6.30. The first-order valence-electron chi connectivity index (χ1n) is 9.60. The van der Waals surface area contributed by atoms with Crippen LogP contribution in [-0.4, -0.2) is 63.8 Å². The summed E-state index contributed by atoms with van der Waals surface area (Å²) in [7, 11) is 3.61. The number of guanidine groups is 1. The zero-order valence-corrected chi connectivity index (χ0v) is 16.7. The van der Waals surface area contributed by atoms with Crippen LogP contribution in [0.5, 0.6) is 0 Å². The Morgan fingerprint density at radius 3 is 2.92 bits per heavy atom. The van der Waals surface area contributed by atoms with Gasteiger partial charge in [0.2, 0.25) is 0 Å². The normalized spacial score (nSPS) is 22.4. The second-order valence-electron chi connectivity index (χ2n) is 7.42. The summed E-state index contributed by atoms with van der Waals surface area (Å²) in [5.41, 5.74) is 1.54. The van der Waals surface area contributed by atoms with E-state index in [2.05, 4.69) is 32.7 Å². The third-order valence-corrected chi connectivity index (χ3v) is 5.93. The van der Waals surface area contributed by atoms with Crippen molar-refractivity contribution in [2.24, 2.45) is 4.99 Å². The number of likely N-dealkylation sites (tertiary alicyclic amines) is 1. The SMILES string of the molecule is CN=C(NCC1CCCN1CCOC)NCC1(c2cccc(Cl)c2)CC1. The number of aliphatic imine (C=N–C) groups is 1. The average Bonchev–Trinajstić information content (AvgIpc) is 3.32. The maximum absolute atomic E-state index is 6.17. The average molecular weight is 379 g/mol. The molecule has 1 aliphatic carbocycles. The van der Waals surface area contributed by atoms with Crippen LogP contribution in [-0.2, 0) is 10.2 Å². The molecule has 1 heterocycles. The number of nitrogens with zero attached hydrogens (tertiary/aromatic N) is 2. The summed E-state index contributed by atoms with van der Waals surface area (Å²) < 4.78 is 5.22. The second-order valence-corrected chi connectivity index (χ2v) is 7.86. The van der Waals surface area contributed by atoms with Crippen LogP contribution >= 0.6 is 11.6 Å². The van der Waals surface area contributed by atoms with Crippen molar-refractivity contribution in [1.82, 2.24) is 15.5 Å². The minimum Gasteiger partial charge on any atom is -0.383 e. The van der Waals surface area contributed by atoms with Crippen LogP contribution in [0, 0.1) is 0 Å². The van der Waals surface area contributed by atoms with Gasteiger partial charge in [0.25, 0.3) is 0 Å². The van der Waals surface area contributed by atoms with E-state index in [-0.39, 0.29) is 5.41 Å². The highest BCUT2D eigenvalue weighted by Gasteiger charge is 2.44. The monoisotopic (exact) mass is 378 g/mol. The lowest BCUT2D eigenvalue weighted by molar-refractivity contribution is 0.141. The fraction of sp³-hybridized carbons (Fsp3) is 0.650. The highest BCUT2D eigenvalue weighted by Crippen LogP contribution is 2.48. The van der Waals surface area contributed by atoms with Crippen molar-refractivity contribution >= 4 is 17.6 Å². The number of hydrogen-bond acceptors (Lipinski definition) is 3. The largest absolute Gasteiger partial charge is 0.383 e. The number of ether oxygens (including phenoxy) is 1. The standard InChI is InChI=1S/C20H31ClN4O/c1-22-19(23-14-18-7-4-10-25(18)11-12-26-2)24-15-20(8-9-20)16-5-3-6-17(21)13-16/h3,5-6,13,18H,4,7-12,14-15H2,1-2H3,(H2,22,23,24). The van der Waals surface area contributed by atoms with Gasteiger partial charge in [-0.25, -0.2) is 0 Å². The topological polar surface area (TPSA) is 48.9 Å². The van der Waals surface area contributed by atoms with Crippen molar-refractivity contribution in [2.45, 2.75) is 37.1 Å². The van der Waals surface area contributed by atoms with Crippen LogP contribution in [0.4, 0.5) is 0 Å². The lowest BCUT2D eigenvalue weighted by atomic mass is 9.96. The van der Waals surface area contributed by atoms with Gasteiger partial charge in [0, 0.05) is 50.3 Å². The molecule has 2 N–H and O–H groups in total. The predicted molar refractivity (Wildman–Crippen MR) is 108 cm³/mol. The fourth-order valence-corrected chi connectivity index (χ4v) is 4.04. The Morgan fingerprint density at radius 2 is 2.23 bits per heavy atom. The Morgan fingerprint density at radius 1 is 1.38 bits per heavy atom. The number of hydrogen-bond donors (Lipinski definition) is 2. The third kappa shape index (κ3) is 4.90. The van der Waals surface area contributed by atoms with Crippen LogP contribution in [0.2, 0.25) is 5.02 Å². The molecule has 1 atom stereocenters. The molecule has 5 nitrogen and oxygen atoms in total. The molecule has 144 valence electrons. The van der Waals surface area contributed by atoms with E-state index in [4.69, 9.17) is 16.3 Å². The van der Waals surface area contributed by atoms with Gasteiger partial charge in [-0.05, 0) is 49.9 Å². The van der Waals surface area contributed by atoms with Crippen molar-refractivity contribution in [3.8, 4) is 0 Å². The van der Waals surface area contributed by atoms with Gasteiger partial charge in [0.05, 0.1) is 6.61 Å². The molecule has 1 saturated heterocycles. The summed E-state index contributed by atoms with van der Waals surface area (Å²) in [4.78, 5) is 6.92. The van der Waals surface area contributed by atoms with Gasteiger partial charge in [-0.1, -0.05) is 23.7 Å². The van der Waals surface area contributed by atoms with Gasteiger partial charge in [-0.2, -0.15) is 0 Å². The van der Waals surface area contributed by atoms with Crippen molar-refractivity contribution in [2.75, 3.05) is 46.9 Å². The van der Waals surface area contributed by atoms with Crippen molar-refractivity contribution in [1.29, 1.82) is 0 Å². The number of methoxy groups -OCH3 is 1. The lowest BCUT2D eigenvalue weighted by Crippen LogP contribution is -2.47. The number of halogens is 1. The summed E-state index contributed by atoms with van der Waals surface area (Å²) in [5.74, 6) is 0.886. The summed E-state index contributed by atoms with van der Waals surface area (Å²) in [6.07, 6.45) is 4.90. The first-order chi connectivity index (χ1) is 12.7. The fourth-order valence-electron chi connectivity index (χ4n) is 3.85. The van der Waals surface area contributed by atoms with Crippen molar-refractivity contribution < 1.29 is 4.74 Å². The van der Waals surface area contributed by atoms with Crippen LogP contribution in [0.3, 0.4) is 0 Å². The van der Waals surface area contributed by atoms with Gasteiger partial charge in [0.15, 0.2) is 5.96 Å². The quantitative estimate of drug-likeness (QED) is 0.539. The van der Waals surface area contributed by atoms with E-state index in [1.54, 1.807) is 7.11 Å². The number of benzene rings is 1. The molecule has 0 amide bonds. The maximum Gasteiger partial charge on any atom is 0.191 e. The van der Waals surface area contributed by atoms with Crippen molar-refractivity contribution in [3.63, 3.8) is 0 Å². The van der Waals surface area contributed by atoms with E-state index in [1.165, 1.54) is 37.8 Å². The lowest BCUT2D eigenvalue weighted by Gasteiger charge is -2.25. The first-order valence-corrected chi connectivity index (χ1v) is 9.98. The Kier molecular flexibility index (Phi) is 6.79. The van der Waals surface area contributed by atoms with E-state index < -0.39 is 0 Å². The molecular weight excluding hydrogens is 348 g/mol. The number of nitrogens with one attached hydrogen (secondary N) is 2. The molecule has 0 radical (unpaired) electrons. The van der Waals surface area contributed by atoms with E-state index in [0.29, 0.717) is 6.04 Å². The molecule has 26 heavy (non-hydrogen) atoms. The Bertz CT molecular complexity index is 618.